The van der Waals surface area contributed by atoms with E-state index in [0.29, 0.717) is 0 Å². The van der Waals surface area contributed by atoms with Crippen molar-refractivity contribution in [2.45, 2.75) is 24.2 Å². The van der Waals surface area contributed by atoms with Crippen LogP contribution in [-0.2, 0) is 10.0 Å². The maximum atomic E-state index is 13.8. The van der Waals surface area contributed by atoms with Crippen molar-refractivity contribution in [1.29, 1.82) is 0 Å². The van der Waals surface area contributed by atoms with Crippen LogP contribution in [0.25, 0.3) is 0 Å². The fourth-order valence-electron chi connectivity index (χ4n) is 2.13. The molecule has 0 fully saturated rings. The van der Waals surface area contributed by atoms with Gasteiger partial charge in [-0.2, -0.15) is 0 Å². The standard InChI is InChI=1S/C13H16ClFN2O2S/c14-10-6-11(16)13(15)12(7-10)20(18,19)17-8-9-4-2-1-3-5-9/h1-2,6-7,9,17H,3-5,8,16H2. The van der Waals surface area contributed by atoms with Crippen LogP contribution in [0.5, 0.6) is 0 Å². The molecule has 1 aliphatic carbocycles. The van der Waals surface area contributed by atoms with Gasteiger partial charge < -0.3 is 5.73 Å². The number of allylic oxidation sites excluding steroid dienone is 2. The summed E-state index contributed by atoms with van der Waals surface area (Å²) in [4.78, 5) is -0.506. The Balaban J connectivity index is 2.16. The maximum Gasteiger partial charge on any atom is 0.243 e. The number of nitrogen functional groups attached to an aromatic ring is 1. The van der Waals surface area contributed by atoms with Gasteiger partial charge in [-0.3, -0.25) is 0 Å². The maximum absolute atomic E-state index is 13.8. The van der Waals surface area contributed by atoms with E-state index in [1.165, 1.54) is 6.07 Å². The molecule has 2 rings (SSSR count). The van der Waals surface area contributed by atoms with Crippen molar-refractivity contribution < 1.29 is 12.8 Å². The number of benzene rings is 1. The Hall–Kier alpha value is -1.11. The minimum Gasteiger partial charge on any atom is -0.396 e. The van der Waals surface area contributed by atoms with Gasteiger partial charge >= 0.3 is 0 Å². The molecule has 1 aromatic carbocycles. The van der Waals surface area contributed by atoms with Crippen molar-refractivity contribution in [2.24, 2.45) is 5.92 Å². The third-order valence-electron chi connectivity index (χ3n) is 3.26. The van der Waals surface area contributed by atoms with Crippen LogP contribution in [-0.4, -0.2) is 15.0 Å². The number of nitrogens with one attached hydrogen (secondary N) is 1. The minimum atomic E-state index is -3.95. The molecular formula is C13H16ClFN2O2S. The molecule has 4 nitrogen and oxygen atoms in total. The second-order valence-corrected chi connectivity index (χ2v) is 6.98. The van der Waals surface area contributed by atoms with E-state index in [-0.39, 0.29) is 23.2 Å². The number of nitrogens with two attached hydrogens (primary N) is 1. The van der Waals surface area contributed by atoms with Gasteiger partial charge in [-0.25, -0.2) is 17.5 Å². The predicted octanol–water partition coefficient (Wildman–Crippen LogP) is 2.70. The monoisotopic (exact) mass is 318 g/mol. The second-order valence-electron chi connectivity index (χ2n) is 4.81. The summed E-state index contributed by atoms with van der Waals surface area (Å²) in [6, 6.07) is 2.25. The quantitative estimate of drug-likeness (QED) is 0.662. The van der Waals surface area contributed by atoms with Gasteiger partial charge in [0.05, 0.1) is 5.69 Å². The lowest BCUT2D eigenvalue weighted by Gasteiger charge is -2.18. The van der Waals surface area contributed by atoms with E-state index < -0.39 is 20.7 Å². The Morgan fingerprint density at radius 2 is 2.15 bits per heavy atom. The SMILES string of the molecule is Nc1cc(Cl)cc(S(=O)(=O)NCC2CC=CCC2)c1F. The van der Waals surface area contributed by atoms with Crippen molar-refractivity contribution in [2.75, 3.05) is 12.3 Å². The first-order valence-corrected chi connectivity index (χ1v) is 8.15. The van der Waals surface area contributed by atoms with Crippen molar-refractivity contribution in [3.63, 3.8) is 0 Å². The highest BCUT2D eigenvalue weighted by Crippen LogP contribution is 2.25. The summed E-state index contributed by atoms with van der Waals surface area (Å²) >= 11 is 5.73. The van der Waals surface area contributed by atoms with Gasteiger partial charge in [-0.1, -0.05) is 23.8 Å². The average molecular weight is 319 g/mol. The Labute approximate surface area is 122 Å². The smallest absolute Gasteiger partial charge is 0.243 e. The van der Waals surface area contributed by atoms with Crippen molar-refractivity contribution in [3.05, 3.63) is 35.1 Å². The molecular weight excluding hydrogens is 303 g/mol. The molecule has 1 unspecified atom stereocenters. The molecule has 1 atom stereocenters. The summed E-state index contributed by atoms with van der Waals surface area (Å²) in [5.74, 6) is -0.736. The lowest BCUT2D eigenvalue weighted by Crippen LogP contribution is -2.30. The minimum absolute atomic E-state index is 0.0878. The van der Waals surface area contributed by atoms with Crippen LogP contribution in [0, 0.1) is 11.7 Å². The second kappa shape index (κ2) is 6.11. The molecule has 0 aromatic heterocycles. The van der Waals surface area contributed by atoms with Gasteiger partial charge in [0.1, 0.15) is 4.90 Å². The van der Waals surface area contributed by atoms with E-state index in [1.807, 2.05) is 6.08 Å². The van der Waals surface area contributed by atoms with Crippen LogP contribution >= 0.6 is 11.6 Å². The van der Waals surface area contributed by atoms with Gasteiger partial charge in [0.2, 0.25) is 10.0 Å². The van der Waals surface area contributed by atoms with Crippen LogP contribution in [0.2, 0.25) is 5.02 Å². The summed E-state index contributed by atoms with van der Waals surface area (Å²) in [5.41, 5.74) is 5.12. The molecule has 1 aromatic rings. The average Bonchev–Trinajstić information content (AvgIpc) is 2.42. The van der Waals surface area contributed by atoms with E-state index in [4.69, 9.17) is 17.3 Å². The Morgan fingerprint density at radius 1 is 1.40 bits per heavy atom. The van der Waals surface area contributed by atoms with Crippen LogP contribution in [0.15, 0.2) is 29.2 Å². The lowest BCUT2D eigenvalue weighted by molar-refractivity contribution is 0.467. The van der Waals surface area contributed by atoms with Gasteiger partial charge in [0.15, 0.2) is 5.82 Å². The Morgan fingerprint density at radius 3 is 2.80 bits per heavy atom. The zero-order valence-electron chi connectivity index (χ0n) is 10.8. The summed E-state index contributed by atoms with van der Waals surface area (Å²) in [7, 11) is -3.95. The van der Waals surface area contributed by atoms with Crippen LogP contribution in [0.3, 0.4) is 0 Å². The molecule has 7 heteroatoms. The molecule has 0 saturated carbocycles. The summed E-state index contributed by atoms with van der Waals surface area (Å²) in [6.07, 6.45) is 6.77. The van der Waals surface area contributed by atoms with Gasteiger partial charge in [0, 0.05) is 11.6 Å². The highest BCUT2D eigenvalue weighted by Gasteiger charge is 2.23. The van der Waals surface area contributed by atoms with Crippen molar-refractivity contribution in [1.82, 2.24) is 4.72 Å². The third kappa shape index (κ3) is 3.50. The normalized spacial score (nSPS) is 19.2. The number of hydrogen-bond donors (Lipinski definition) is 2. The van der Waals surface area contributed by atoms with Crippen LogP contribution < -0.4 is 10.5 Å². The highest BCUT2D eigenvalue weighted by atomic mass is 35.5. The molecule has 1 aliphatic rings. The number of halogens is 2. The predicted molar refractivity (Wildman–Crippen MR) is 77.5 cm³/mol. The first-order valence-electron chi connectivity index (χ1n) is 6.29. The van der Waals surface area contributed by atoms with Crippen LogP contribution in [0.1, 0.15) is 19.3 Å². The molecule has 0 heterocycles. The number of rotatable bonds is 4. The number of sulfonamides is 1. The largest absolute Gasteiger partial charge is 0.396 e. The first kappa shape index (κ1) is 15.3. The van der Waals surface area contributed by atoms with Crippen molar-refractivity contribution in [3.8, 4) is 0 Å². The molecule has 0 aliphatic heterocycles. The molecule has 110 valence electrons. The van der Waals surface area contributed by atoms with Crippen molar-refractivity contribution >= 4 is 27.3 Å². The molecule has 0 amide bonds. The fourth-order valence-corrected chi connectivity index (χ4v) is 3.66. The zero-order chi connectivity index (χ0) is 14.8. The molecule has 0 saturated heterocycles. The molecule has 3 N–H and O–H groups in total. The molecule has 0 spiro atoms. The van der Waals surface area contributed by atoms with E-state index >= 15 is 0 Å². The van der Waals surface area contributed by atoms with E-state index in [1.54, 1.807) is 0 Å². The molecule has 0 radical (unpaired) electrons. The molecule has 0 bridgehead atoms. The fraction of sp³-hybridized carbons (Fsp3) is 0.385. The zero-order valence-corrected chi connectivity index (χ0v) is 12.3. The number of anilines is 1. The lowest BCUT2D eigenvalue weighted by atomic mass is 9.95. The summed E-state index contributed by atoms with van der Waals surface area (Å²) < 4.78 is 40.5. The van der Waals surface area contributed by atoms with Gasteiger partial charge in [-0.05, 0) is 37.3 Å². The molecule has 20 heavy (non-hydrogen) atoms. The van der Waals surface area contributed by atoms with E-state index in [0.717, 1.165) is 25.3 Å². The van der Waals surface area contributed by atoms with E-state index in [9.17, 15) is 12.8 Å². The Bertz CT molecular complexity index is 632. The van der Waals surface area contributed by atoms with E-state index in [2.05, 4.69) is 10.8 Å². The third-order valence-corrected chi connectivity index (χ3v) is 4.90. The summed E-state index contributed by atoms with van der Waals surface area (Å²) in [5, 5.41) is 0.0878. The van der Waals surface area contributed by atoms with Gasteiger partial charge in [-0.15, -0.1) is 0 Å². The number of hydrogen-bond acceptors (Lipinski definition) is 3. The Kier molecular flexibility index (Phi) is 4.67. The summed E-state index contributed by atoms with van der Waals surface area (Å²) in [6.45, 7) is 0.276. The highest BCUT2D eigenvalue weighted by molar-refractivity contribution is 7.89. The van der Waals surface area contributed by atoms with Crippen LogP contribution in [0.4, 0.5) is 10.1 Å². The topological polar surface area (TPSA) is 72.2 Å². The first-order chi connectivity index (χ1) is 9.40. The van der Waals surface area contributed by atoms with Gasteiger partial charge in [0.25, 0.3) is 0 Å².